The Morgan fingerprint density at radius 3 is 2.63 bits per heavy atom. The molecule has 1 fully saturated rings. The van der Waals surface area contributed by atoms with Crippen LogP contribution in [0.5, 0.6) is 11.5 Å². The van der Waals surface area contributed by atoms with Crippen molar-refractivity contribution in [3.63, 3.8) is 0 Å². The first-order valence-corrected chi connectivity index (χ1v) is 6.25. The Labute approximate surface area is 113 Å². The Morgan fingerprint density at radius 1 is 1.42 bits per heavy atom. The molecule has 0 N–H and O–H groups in total. The molecule has 2 rings (SSSR count). The summed E-state index contributed by atoms with van der Waals surface area (Å²) in [6, 6.07) is 5.36. The number of carbonyl (C=O) groups excluding carboxylic acids is 1. The van der Waals surface area contributed by atoms with Crippen LogP contribution in [0.2, 0.25) is 0 Å². The van der Waals surface area contributed by atoms with E-state index < -0.39 is 0 Å². The molecule has 19 heavy (non-hydrogen) atoms. The Kier molecular flexibility index (Phi) is 3.90. The molecule has 0 radical (unpaired) electrons. The summed E-state index contributed by atoms with van der Waals surface area (Å²) < 4.78 is 16.0. The molecule has 1 saturated heterocycles. The zero-order valence-electron chi connectivity index (χ0n) is 11.6. The van der Waals surface area contributed by atoms with Gasteiger partial charge in [-0.2, -0.15) is 0 Å². The largest absolute Gasteiger partial charge is 0.497 e. The second kappa shape index (κ2) is 5.45. The first-order chi connectivity index (χ1) is 9.06. The van der Waals surface area contributed by atoms with E-state index in [1.165, 1.54) is 0 Å². The molecule has 0 bridgehead atoms. The van der Waals surface area contributed by atoms with Crippen molar-refractivity contribution in [1.82, 2.24) is 0 Å². The average molecular weight is 262 g/mol. The summed E-state index contributed by atoms with van der Waals surface area (Å²) in [5.41, 5.74) is 1.43. The molecule has 102 valence electrons. The fourth-order valence-corrected chi connectivity index (χ4v) is 1.78. The highest BCUT2D eigenvalue weighted by molar-refractivity contribution is 5.89. The lowest BCUT2D eigenvalue weighted by Gasteiger charge is -2.10. The van der Waals surface area contributed by atoms with E-state index in [0.29, 0.717) is 11.3 Å². The van der Waals surface area contributed by atoms with Gasteiger partial charge in [0.05, 0.1) is 13.2 Å². The molecule has 1 aromatic carbocycles. The van der Waals surface area contributed by atoms with Gasteiger partial charge in [-0.1, -0.05) is 6.08 Å². The fraction of sp³-hybridized carbons (Fsp3) is 0.400. The van der Waals surface area contributed by atoms with Gasteiger partial charge in [-0.3, -0.25) is 0 Å². The number of carbonyl (C=O) groups is 1. The Bertz CT molecular complexity index is 519. The minimum absolute atomic E-state index is 0.0242. The molecular weight excluding hydrogens is 244 g/mol. The number of rotatable bonds is 4. The van der Waals surface area contributed by atoms with E-state index in [9.17, 15) is 4.79 Å². The summed E-state index contributed by atoms with van der Waals surface area (Å²) in [6.45, 7) is 5.51. The van der Waals surface area contributed by atoms with Gasteiger partial charge in [0.15, 0.2) is 0 Å². The summed E-state index contributed by atoms with van der Waals surface area (Å²) >= 11 is 0. The second-order valence-corrected chi connectivity index (χ2v) is 4.53. The molecule has 1 heterocycles. The maximum atomic E-state index is 11.8. The molecule has 1 aromatic rings. The van der Waals surface area contributed by atoms with E-state index in [4.69, 9.17) is 14.2 Å². The van der Waals surface area contributed by atoms with Crippen molar-refractivity contribution in [2.24, 2.45) is 0 Å². The molecular formula is C15H18O4. The van der Waals surface area contributed by atoms with Crippen molar-refractivity contribution in [2.45, 2.75) is 33.0 Å². The van der Waals surface area contributed by atoms with Crippen LogP contribution in [0.1, 0.15) is 32.4 Å². The van der Waals surface area contributed by atoms with Crippen LogP contribution in [-0.4, -0.2) is 19.2 Å². The third-order valence-electron chi connectivity index (χ3n) is 3.19. The van der Waals surface area contributed by atoms with Gasteiger partial charge in [-0.25, -0.2) is 4.79 Å². The molecule has 0 amide bonds. The number of hydrogen-bond acceptors (Lipinski definition) is 4. The summed E-state index contributed by atoms with van der Waals surface area (Å²) in [5, 5.41) is 0. The van der Waals surface area contributed by atoms with Crippen LogP contribution in [0.4, 0.5) is 0 Å². The van der Waals surface area contributed by atoms with Gasteiger partial charge < -0.3 is 14.2 Å². The number of benzene rings is 1. The van der Waals surface area contributed by atoms with E-state index in [-0.39, 0.29) is 18.2 Å². The number of esters is 1. The molecule has 4 heteroatoms. The molecule has 2 atom stereocenters. The van der Waals surface area contributed by atoms with Gasteiger partial charge in [0.25, 0.3) is 0 Å². The molecule has 1 aliphatic heterocycles. The number of methoxy groups -OCH3 is 1. The predicted octanol–water partition coefficient (Wildman–Crippen LogP) is 3.03. The highest BCUT2D eigenvalue weighted by Crippen LogP contribution is 2.44. The van der Waals surface area contributed by atoms with Crippen LogP contribution in [0, 0.1) is 0 Å². The number of epoxide rings is 1. The van der Waals surface area contributed by atoms with Crippen molar-refractivity contribution in [1.29, 1.82) is 0 Å². The van der Waals surface area contributed by atoms with Gasteiger partial charge in [-0.15, -0.1) is 0 Å². The van der Waals surface area contributed by atoms with Gasteiger partial charge in [0.1, 0.15) is 17.6 Å². The maximum absolute atomic E-state index is 11.8. The normalized spacial score (nSPS) is 22.0. The zero-order chi connectivity index (χ0) is 14.0. The predicted molar refractivity (Wildman–Crippen MR) is 71.3 cm³/mol. The SMILES string of the molecule is CC=C(C)C(=O)Oc1ccc(OC)cc1C1OC1C. The molecule has 1 aliphatic rings. The third kappa shape index (κ3) is 2.96. The van der Waals surface area contributed by atoms with Gasteiger partial charge in [0.2, 0.25) is 0 Å². The summed E-state index contributed by atoms with van der Waals surface area (Å²) in [5.74, 6) is 0.906. The van der Waals surface area contributed by atoms with Crippen LogP contribution in [0.3, 0.4) is 0 Å². The smallest absolute Gasteiger partial charge is 0.338 e. The number of hydrogen-bond donors (Lipinski definition) is 0. The van der Waals surface area contributed by atoms with Gasteiger partial charge in [0, 0.05) is 11.1 Å². The lowest BCUT2D eigenvalue weighted by Crippen LogP contribution is -2.10. The molecule has 2 unspecified atom stereocenters. The van der Waals surface area contributed by atoms with E-state index in [1.807, 2.05) is 13.0 Å². The lowest BCUT2D eigenvalue weighted by molar-refractivity contribution is -0.130. The van der Waals surface area contributed by atoms with E-state index in [2.05, 4.69) is 0 Å². The summed E-state index contributed by atoms with van der Waals surface area (Å²) in [7, 11) is 1.60. The van der Waals surface area contributed by atoms with Gasteiger partial charge >= 0.3 is 5.97 Å². The highest BCUT2D eigenvalue weighted by Gasteiger charge is 2.38. The molecule has 0 spiro atoms. The van der Waals surface area contributed by atoms with Crippen molar-refractivity contribution < 1.29 is 19.0 Å². The number of ether oxygens (including phenoxy) is 3. The Morgan fingerprint density at radius 2 is 2.11 bits per heavy atom. The minimum atomic E-state index is -0.345. The average Bonchev–Trinajstić information content (AvgIpc) is 3.15. The molecule has 0 saturated carbocycles. The second-order valence-electron chi connectivity index (χ2n) is 4.53. The summed E-state index contributed by atoms with van der Waals surface area (Å²) in [4.78, 5) is 11.8. The van der Waals surface area contributed by atoms with E-state index in [1.54, 1.807) is 39.2 Å². The van der Waals surface area contributed by atoms with Crippen molar-refractivity contribution in [2.75, 3.05) is 7.11 Å². The van der Waals surface area contributed by atoms with E-state index in [0.717, 1.165) is 11.3 Å². The first kappa shape index (κ1) is 13.6. The van der Waals surface area contributed by atoms with Gasteiger partial charge in [-0.05, 0) is 39.0 Å². The topological polar surface area (TPSA) is 48.1 Å². The molecule has 4 nitrogen and oxygen atoms in total. The Balaban J connectivity index is 2.27. The quantitative estimate of drug-likeness (QED) is 0.362. The first-order valence-electron chi connectivity index (χ1n) is 6.25. The van der Waals surface area contributed by atoms with Crippen molar-refractivity contribution >= 4 is 5.97 Å². The van der Waals surface area contributed by atoms with Crippen LogP contribution >= 0.6 is 0 Å². The lowest BCUT2D eigenvalue weighted by atomic mass is 10.1. The highest BCUT2D eigenvalue weighted by atomic mass is 16.6. The summed E-state index contributed by atoms with van der Waals surface area (Å²) in [6.07, 6.45) is 1.85. The van der Waals surface area contributed by atoms with Crippen molar-refractivity contribution in [3.8, 4) is 11.5 Å². The molecule has 0 aliphatic carbocycles. The molecule has 0 aromatic heterocycles. The van der Waals surface area contributed by atoms with Crippen LogP contribution in [0.25, 0.3) is 0 Å². The monoisotopic (exact) mass is 262 g/mol. The van der Waals surface area contributed by atoms with Crippen LogP contribution < -0.4 is 9.47 Å². The zero-order valence-corrected chi connectivity index (χ0v) is 11.6. The maximum Gasteiger partial charge on any atom is 0.338 e. The van der Waals surface area contributed by atoms with E-state index >= 15 is 0 Å². The Hall–Kier alpha value is -1.81. The van der Waals surface area contributed by atoms with Crippen LogP contribution in [0.15, 0.2) is 29.8 Å². The standard InChI is InChI=1S/C15H18O4/c1-5-9(2)15(16)19-13-7-6-11(17-4)8-12(13)14-10(3)18-14/h5-8,10,14H,1-4H3. The van der Waals surface area contributed by atoms with Crippen LogP contribution in [-0.2, 0) is 9.53 Å². The fourth-order valence-electron chi connectivity index (χ4n) is 1.78. The number of allylic oxidation sites excluding steroid dienone is 1. The minimum Gasteiger partial charge on any atom is -0.497 e. The third-order valence-corrected chi connectivity index (χ3v) is 3.19. The van der Waals surface area contributed by atoms with Crippen molar-refractivity contribution in [3.05, 3.63) is 35.4 Å².